The van der Waals surface area contributed by atoms with E-state index in [1.165, 1.54) is 0 Å². The number of amides is 2. The van der Waals surface area contributed by atoms with Crippen molar-refractivity contribution in [3.8, 4) is 11.5 Å². The number of halogens is 1. The fourth-order valence-corrected chi connectivity index (χ4v) is 3.27. The van der Waals surface area contributed by atoms with Gasteiger partial charge in [-0.2, -0.15) is 0 Å². The smallest absolute Gasteiger partial charge is 0.228 e. The van der Waals surface area contributed by atoms with Crippen molar-refractivity contribution in [3.05, 3.63) is 47.0 Å². The average molecular weight is 387 g/mol. The van der Waals surface area contributed by atoms with Gasteiger partial charge in [-0.05, 0) is 43.2 Å². The summed E-state index contributed by atoms with van der Waals surface area (Å²) in [6.45, 7) is 2.85. The molecular weight excluding hydrogens is 368 g/mol. The highest BCUT2D eigenvalue weighted by atomic mass is 35.5. The van der Waals surface area contributed by atoms with Crippen LogP contribution in [0.15, 0.2) is 36.4 Å². The maximum absolute atomic E-state index is 12.4. The number of benzene rings is 2. The SMILES string of the molecule is Cc1c(Cl)cccc1NC(=O)C1CC1C(=O)Nc1ccc2c(c1)OCCO2. The lowest BCUT2D eigenvalue weighted by atomic mass is 10.2. The number of hydrogen-bond acceptors (Lipinski definition) is 4. The fourth-order valence-electron chi connectivity index (χ4n) is 3.10. The van der Waals surface area contributed by atoms with E-state index in [0.29, 0.717) is 47.5 Å². The van der Waals surface area contributed by atoms with Crippen LogP contribution in [-0.4, -0.2) is 25.0 Å². The Bertz CT molecular complexity index is 915. The molecule has 2 aromatic rings. The molecule has 2 amide bonds. The number of anilines is 2. The molecule has 1 aliphatic heterocycles. The lowest BCUT2D eigenvalue weighted by molar-refractivity contribution is -0.122. The minimum absolute atomic E-state index is 0.164. The van der Waals surface area contributed by atoms with E-state index in [0.717, 1.165) is 5.56 Å². The third-order valence-corrected chi connectivity index (χ3v) is 5.21. The molecule has 2 N–H and O–H groups in total. The second kappa shape index (κ2) is 7.12. The van der Waals surface area contributed by atoms with E-state index in [1.54, 1.807) is 36.4 Å². The number of ether oxygens (including phenoxy) is 2. The van der Waals surface area contributed by atoms with Crippen LogP contribution in [0.25, 0.3) is 0 Å². The number of carbonyl (C=O) groups is 2. The Hall–Kier alpha value is -2.73. The first-order chi connectivity index (χ1) is 13.0. The first-order valence-corrected chi connectivity index (χ1v) is 9.17. The van der Waals surface area contributed by atoms with Crippen LogP contribution in [0.4, 0.5) is 11.4 Å². The Kier molecular flexibility index (Phi) is 4.66. The van der Waals surface area contributed by atoms with Gasteiger partial charge in [0.25, 0.3) is 0 Å². The van der Waals surface area contributed by atoms with Crippen LogP contribution in [0.5, 0.6) is 11.5 Å². The van der Waals surface area contributed by atoms with Crippen molar-refractivity contribution in [2.45, 2.75) is 13.3 Å². The van der Waals surface area contributed by atoms with Gasteiger partial charge in [-0.25, -0.2) is 0 Å². The van der Waals surface area contributed by atoms with Crippen molar-refractivity contribution in [1.82, 2.24) is 0 Å². The number of hydrogen-bond donors (Lipinski definition) is 2. The number of rotatable bonds is 4. The molecule has 1 saturated carbocycles. The lowest BCUT2D eigenvalue weighted by Crippen LogP contribution is -2.21. The summed E-state index contributed by atoms with van der Waals surface area (Å²) in [7, 11) is 0. The Morgan fingerprint density at radius 3 is 2.48 bits per heavy atom. The molecule has 1 heterocycles. The molecule has 0 radical (unpaired) electrons. The van der Waals surface area contributed by atoms with Crippen molar-refractivity contribution in [1.29, 1.82) is 0 Å². The lowest BCUT2D eigenvalue weighted by Gasteiger charge is -2.19. The molecule has 0 aromatic heterocycles. The Morgan fingerprint density at radius 1 is 1.00 bits per heavy atom. The maximum Gasteiger partial charge on any atom is 0.228 e. The highest BCUT2D eigenvalue weighted by molar-refractivity contribution is 6.31. The summed E-state index contributed by atoms with van der Waals surface area (Å²) in [5.74, 6) is 0.274. The van der Waals surface area contributed by atoms with Gasteiger partial charge in [-0.3, -0.25) is 9.59 Å². The first kappa shape index (κ1) is 17.7. The maximum atomic E-state index is 12.4. The molecule has 0 spiro atoms. The molecule has 1 aliphatic carbocycles. The quantitative estimate of drug-likeness (QED) is 0.841. The summed E-state index contributed by atoms with van der Waals surface area (Å²) >= 11 is 6.08. The molecule has 4 rings (SSSR count). The van der Waals surface area contributed by atoms with Crippen LogP contribution in [0.2, 0.25) is 5.02 Å². The second-order valence-corrected chi connectivity index (χ2v) is 7.11. The molecule has 2 atom stereocenters. The van der Waals surface area contributed by atoms with Crippen LogP contribution < -0.4 is 20.1 Å². The van der Waals surface area contributed by atoms with E-state index < -0.39 is 0 Å². The first-order valence-electron chi connectivity index (χ1n) is 8.79. The molecular formula is C20H19ClN2O4. The topological polar surface area (TPSA) is 76.7 Å². The van der Waals surface area contributed by atoms with E-state index in [9.17, 15) is 9.59 Å². The highest BCUT2D eigenvalue weighted by Crippen LogP contribution is 2.41. The summed E-state index contributed by atoms with van der Waals surface area (Å²) in [5.41, 5.74) is 2.11. The van der Waals surface area contributed by atoms with Gasteiger partial charge in [-0.15, -0.1) is 0 Å². The number of fused-ring (bicyclic) bond motifs is 1. The molecule has 6 nitrogen and oxygen atoms in total. The minimum atomic E-state index is -0.335. The van der Waals surface area contributed by atoms with Gasteiger partial charge in [-0.1, -0.05) is 17.7 Å². The van der Waals surface area contributed by atoms with Gasteiger partial charge in [0, 0.05) is 22.5 Å². The molecule has 2 aliphatic rings. The highest BCUT2D eigenvalue weighted by Gasteiger charge is 2.48. The van der Waals surface area contributed by atoms with Crippen molar-refractivity contribution in [2.75, 3.05) is 23.8 Å². The van der Waals surface area contributed by atoms with Crippen LogP contribution in [0, 0.1) is 18.8 Å². The predicted octanol–water partition coefficient (Wildman–Crippen LogP) is 3.63. The van der Waals surface area contributed by atoms with Gasteiger partial charge in [0.2, 0.25) is 11.8 Å². The van der Waals surface area contributed by atoms with E-state index in [4.69, 9.17) is 21.1 Å². The molecule has 7 heteroatoms. The zero-order valence-corrected chi connectivity index (χ0v) is 15.5. The fraction of sp³-hybridized carbons (Fsp3) is 0.300. The summed E-state index contributed by atoms with van der Waals surface area (Å²) in [6.07, 6.45) is 0.530. The predicted molar refractivity (Wildman–Crippen MR) is 102 cm³/mol. The van der Waals surface area contributed by atoms with Crippen molar-refractivity contribution in [3.63, 3.8) is 0 Å². The molecule has 0 saturated heterocycles. The summed E-state index contributed by atoms with van der Waals surface area (Å²) in [6, 6.07) is 10.6. The Labute approximate surface area is 161 Å². The molecule has 1 fully saturated rings. The normalized spacial score (nSPS) is 19.9. The van der Waals surface area contributed by atoms with E-state index in [1.807, 2.05) is 6.92 Å². The van der Waals surface area contributed by atoms with Crippen LogP contribution in [0.1, 0.15) is 12.0 Å². The van der Waals surface area contributed by atoms with E-state index in [2.05, 4.69) is 10.6 Å². The number of carbonyl (C=O) groups excluding carboxylic acids is 2. The standard InChI is InChI=1S/C20H19ClN2O4/c1-11-15(21)3-2-4-16(11)23-20(25)14-10-13(14)19(24)22-12-5-6-17-18(9-12)27-8-7-26-17/h2-6,9,13-14H,7-8,10H2,1H3,(H,22,24)(H,23,25). The van der Waals surface area contributed by atoms with Gasteiger partial charge in [0.1, 0.15) is 13.2 Å². The van der Waals surface area contributed by atoms with Crippen molar-refractivity contribution in [2.24, 2.45) is 11.8 Å². The molecule has 0 bridgehead atoms. The van der Waals surface area contributed by atoms with Gasteiger partial charge >= 0.3 is 0 Å². The van der Waals surface area contributed by atoms with Crippen LogP contribution >= 0.6 is 11.6 Å². The third-order valence-electron chi connectivity index (χ3n) is 4.80. The average Bonchev–Trinajstić information content (AvgIpc) is 3.46. The van der Waals surface area contributed by atoms with E-state index in [-0.39, 0.29) is 23.7 Å². The molecule has 2 unspecified atom stereocenters. The van der Waals surface area contributed by atoms with Crippen LogP contribution in [-0.2, 0) is 9.59 Å². The third kappa shape index (κ3) is 3.71. The summed E-state index contributed by atoms with van der Waals surface area (Å²) in [4.78, 5) is 24.9. The van der Waals surface area contributed by atoms with Gasteiger partial charge in [0.05, 0.1) is 11.8 Å². The minimum Gasteiger partial charge on any atom is -0.486 e. The zero-order chi connectivity index (χ0) is 19.0. The van der Waals surface area contributed by atoms with Crippen molar-refractivity contribution < 1.29 is 19.1 Å². The molecule has 140 valence electrons. The second-order valence-electron chi connectivity index (χ2n) is 6.70. The zero-order valence-electron chi connectivity index (χ0n) is 14.8. The Balaban J connectivity index is 1.36. The molecule has 27 heavy (non-hydrogen) atoms. The van der Waals surface area contributed by atoms with Gasteiger partial charge in [0.15, 0.2) is 11.5 Å². The molecule has 2 aromatic carbocycles. The van der Waals surface area contributed by atoms with Gasteiger partial charge < -0.3 is 20.1 Å². The van der Waals surface area contributed by atoms with Crippen molar-refractivity contribution >= 4 is 34.8 Å². The summed E-state index contributed by atoms with van der Waals surface area (Å²) in [5, 5.41) is 6.30. The monoisotopic (exact) mass is 386 g/mol. The number of nitrogens with one attached hydrogen (secondary N) is 2. The Morgan fingerprint density at radius 2 is 1.70 bits per heavy atom. The van der Waals surface area contributed by atoms with E-state index >= 15 is 0 Å². The summed E-state index contributed by atoms with van der Waals surface area (Å²) < 4.78 is 11.0. The van der Waals surface area contributed by atoms with Crippen LogP contribution in [0.3, 0.4) is 0 Å². The largest absolute Gasteiger partial charge is 0.486 e.